The highest BCUT2D eigenvalue weighted by Crippen LogP contribution is 2.28. The summed E-state index contributed by atoms with van der Waals surface area (Å²) in [6.07, 6.45) is 4.50. The van der Waals surface area contributed by atoms with Crippen LogP contribution in [-0.2, 0) is 6.54 Å². The van der Waals surface area contributed by atoms with Crippen molar-refractivity contribution in [3.05, 3.63) is 40.6 Å². The summed E-state index contributed by atoms with van der Waals surface area (Å²) < 4.78 is 8.40. The van der Waals surface area contributed by atoms with E-state index in [0.29, 0.717) is 17.1 Å². The second-order valence-corrected chi connectivity index (χ2v) is 5.15. The lowest BCUT2D eigenvalue weighted by Gasteiger charge is -2.07. The summed E-state index contributed by atoms with van der Waals surface area (Å²) in [5, 5.41) is 4.19. The van der Waals surface area contributed by atoms with E-state index in [-0.39, 0.29) is 5.78 Å². The third-order valence-electron chi connectivity index (χ3n) is 2.61. The molecule has 0 saturated heterocycles. The standard InChI is InChI=1S/C14H15BrN2O2/c1-3-6-17-9-12(8-16-17)19-14-5-4-11(15)7-13(14)10(2)18/h4-5,7-9H,3,6H2,1-2H3. The number of halogens is 1. The smallest absolute Gasteiger partial charge is 0.165 e. The van der Waals surface area contributed by atoms with E-state index in [4.69, 9.17) is 4.74 Å². The van der Waals surface area contributed by atoms with Crippen LogP contribution in [0, 0.1) is 0 Å². The van der Waals surface area contributed by atoms with Gasteiger partial charge in [-0.2, -0.15) is 5.10 Å². The lowest BCUT2D eigenvalue weighted by molar-refractivity contribution is 0.101. The Bertz CT molecular complexity index is 593. The molecule has 1 aromatic carbocycles. The molecule has 19 heavy (non-hydrogen) atoms. The molecule has 0 N–H and O–H groups in total. The molecule has 0 aliphatic heterocycles. The fourth-order valence-corrected chi connectivity index (χ4v) is 2.10. The van der Waals surface area contributed by atoms with Crippen molar-refractivity contribution in [1.82, 2.24) is 9.78 Å². The van der Waals surface area contributed by atoms with Crippen molar-refractivity contribution in [1.29, 1.82) is 0 Å². The molecule has 0 bridgehead atoms. The molecular formula is C14H15BrN2O2. The third kappa shape index (κ3) is 3.44. The number of Topliss-reactive ketones (excluding diaryl/α,β-unsaturated/α-hetero) is 1. The Labute approximate surface area is 120 Å². The quantitative estimate of drug-likeness (QED) is 0.780. The Morgan fingerprint density at radius 1 is 1.47 bits per heavy atom. The van der Waals surface area contributed by atoms with Crippen molar-refractivity contribution in [2.45, 2.75) is 26.8 Å². The molecule has 0 saturated carbocycles. The van der Waals surface area contributed by atoms with Crippen LogP contribution in [0.25, 0.3) is 0 Å². The molecule has 0 unspecified atom stereocenters. The fourth-order valence-electron chi connectivity index (χ4n) is 1.74. The van der Waals surface area contributed by atoms with Gasteiger partial charge in [-0.3, -0.25) is 9.48 Å². The number of benzene rings is 1. The third-order valence-corrected chi connectivity index (χ3v) is 3.10. The Balaban J connectivity index is 2.24. The zero-order chi connectivity index (χ0) is 13.8. The zero-order valence-electron chi connectivity index (χ0n) is 10.9. The van der Waals surface area contributed by atoms with Crippen molar-refractivity contribution < 1.29 is 9.53 Å². The molecule has 4 nitrogen and oxygen atoms in total. The Hall–Kier alpha value is -1.62. The van der Waals surface area contributed by atoms with Gasteiger partial charge < -0.3 is 4.74 Å². The van der Waals surface area contributed by atoms with E-state index >= 15 is 0 Å². The van der Waals surface area contributed by atoms with Gasteiger partial charge in [0.2, 0.25) is 0 Å². The van der Waals surface area contributed by atoms with Crippen LogP contribution in [0.3, 0.4) is 0 Å². The summed E-state index contributed by atoms with van der Waals surface area (Å²) in [7, 11) is 0. The Morgan fingerprint density at radius 3 is 2.95 bits per heavy atom. The molecular weight excluding hydrogens is 308 g/mol. The number of hydrogen-bond acceptors (Lipinski definition) is 3. The molecule has 0 fully saturated rings. The number of hydrogen-bond donors (Lipinski definition) is 0. The summed E-state index contributed by atoms with van der Waals surface area (Å²) >= 11 is 3.35. The van der Waals surface area contributed by atoms with Gasteiger partial charge in [-0.05, 0) is 31.5 Å². The van der Waals surface area contributed by atoms with E-state index in [1.807, 2.05) is 16.9 Å². The fraction of sp³-hybridized carbons (Fsp3) is 0.286. The minimum absolute atomic E-state index is 0.0303. The predicted molar refractivity (Wildman–Crippen MR) is 76.7 cm³/mol. The molecule has 0 aliphatic rings. The van der Waals surface area contributed by atoms with Crippen LogP contribution in [0.5, 0.6) is 11.5 Å². The Morgan fingerprint density at radius 2 is 2.26 bits per heavy atom. The normalized spacial score (nSPS) is 10.5. The molecule has 2 rings (SSSR count). The van der Waals surface area contributed by atoms with Gasteiger partial charge in [-0.1, -0.05) is 22.9 Å². The number of ether oxygens (including phenoxy) is 1. The summed E-state index contributed by atoms with van der Waals surface area (Å²) in [5.41, 5.74) is 0.553. The average Bonchev–Trinajstić information content (AvgIpc) is 2.79. The molecule has 0 radical (unpaired) electrons. The maximum Gasteiger partial charge on any atom is 0.165 e. The van der Waals surface area contributed by atoms with Crippen molar-refractivity contribution in [3.63, 3.8) is 0 Å². The minimum Gasteiger partial charge on any atom is -0.453 e. The first-order chi connectivity index (χ1) is 9.10. The molecule has 2 aromatic rings. The van der Waals surface area contributed by atoms with Gasteiger partial charge in [0.15, 0.2) is 11.5 Å². The minimum atomic E-state index is -0.0303. The molecule has 5 heteroatoms. The summed E-state index contributed by atoms with van der Waals surface area (Å²) in [6.45, 7) is 4.46. The number of rotatable bonds is 5. The van der Waals surface area contributed by atoms with E-state index in [9.17, 15) is 4.79 Å². The van der Waals surface area contributed by atoms with E-state index in [2.05, 4.69) is 28.0 Å². The van der Waals surface area contributed by atoms with Crippen molar-refractivity contribution in [2.24, 2.45) is 0 Å². The topological polar surface area (TPSA) is 44.1 Å². The number of aromatic nitrogens is 2. The van der Waals surface area contributed by atoms with Gasteiger partial charge in [0.05, 0.1) is 18.0 Å². The van der Waals surface area contributed by atoms with Gasteiger partial charge in [0.1, 0.15) is 5.75 Å². The maximum atomic E-state index is 11.6. The van der Waals surface area contributed by atoms with Crippen LogP contribution in [-0.4, -0.2) is 15.6 Å². The van der Waals surface area contributed by atoms with Gasteiger partial charge in [0, 0.05) is 11.0 Å². The predicted octanol–water partition coefficient (Wildman–Crippen LogP) is 4.05. The first-order valence-corrected chi connectivity index (χ1v) is 6.90. The highest BCUT2D eigenvalue weighted by molar-refractivity contribution is 9.10. The van der Waals surface area contributed by atoms with Crippen molar-refractivity contribution in [3.8, 4) is 11.5 Å². The zero-order valence-corrected chi connectivity index (χ0v) is 12.5. The highest BCUT2D eigenvalue weighted by Gasteiger charge is 2.11. The van der Waals surface area contributed by atoms with Crippen LogP contribution in [0.4, 0.5) is 0 Å². The second-order valence-electron chi connectivity index (χ2n) is 4.24. The van der Waals surface area contributed by atoms with Gasteiger partial charge in [-0.25, -0.2) is 0 Å². The first kappa shape index (κ1) is 13.8. The van der Waals surface area contributed by atoms with Crippen LogP contribution >= 0.6 is 15.9 Å². The first-order valence-electron chi connectivity index (χ1n) is 6.11. The van der Waals surface area contributed by atoms with Crippen LogP contribution < -0.4 is 4.74 Å². The molecule has 0 amide bonds. The number of ketones is 1. The van der Waals surface area contributed by atoms with E-state index in [1.54, 1.807) is 18.3 Å². The lowest BCUT2D eigenvalue weighted by Crippen LogP contribution is -1.97. The Kier molecular flexibility index (Phi) is 4.37. The van der Waals surface area contributed by atoms with E-state index in [1.165, 1.54) is 6.92 Å². The van der Waals surface area contributed by atoms with Gasteiger partial charge in [-0.15, -0.1) is 0 Å². The van der Waals surface area contributed by atoms with Gasteiger partial charge >= 0.3 is 0 Å². The molecule has 100 valence electrons. The molecule has 0 atom stereocenters. The molecule has 1 heterocycles. The van der Waals surface area contributed by atoms with E-state index < -0.39 is 0 Å². The number of nitrogens with zero attached hydrogens (tertiary/aromatic N) is 2. The molecule has 1 aromatic heterocycles. The summed E-state index contributed by atoms with van der Waals surface area (Å²) in [5.74, 6) is 1.15. The summed E-state index contributed by atoms with van der Waals surface area (Å²) in [6, 6.07) is 5.38. The second kappa shape index (κ2) is 6.02. The number of carbonyl (C=O) groups is 1. The SMILES string of the molecule is CCCn1cc(Oc2ccc(Br)cc2C(C)=O)cn1. The van der Waals surface area contributed by atoms with Crippen molar-refractivity contribution >= 4 is 21.7 Å². The van der Waals surface area contributed by atoms with Crippen molar-refractivity contribution in [2.75, 3.05) is 0 Å². The average molecular weight is 323 g/mol. The largest absolute Gasteiger partial charge is 0.453 e. The molecule has 0 aliphatic carbocycles. The van der Waals surface area contributed by atoms with Gasteiger partial charge in [0.25, 0.3) is 0 Å². The van der Waals surface area contributed by atoms with Crippen LogP contribution in [0.1, 0.15) is 30.6 Å². The monoisotopic (exact) mass is 322 g/mol. The highest BCUT2D eigenvalue weighted by atomic mass is 79.9. The number of carbonyl (C=O) groups excluding carboxylic acids is 1. The van der Waals surface area contributed by atoms with Crippen LogP contribution in [0.2, 0.25) is 0 Å². The number of aryl methyl sites for hydroxylation is 1. The molecule has 0 spiro atoms. The lowest BCUT2D eigenvalue weighted by atomic mass is 10.1. The maximum absolute atomic E-state index is 11.6. The van der Waals surface area contributed by atoms with Crippen LogP contribution in [0.15, 0.2) is 35.1 Å². The van der Waals surface area contributed by atoms with E-state index in [0.717, 1.165) is 17.4 Å². The summed E-state index contributed by atoms with van der Waals surface area (Å²) in [4.78, 5) is 11.6.